The molecule has 0 aliphatic heterocycles. The lowest BCUT2D eigenvalue weighted by atomic mass is 10.0. The molecule has 0 saturated heterocycles. The Labute approximate surface area is 209 Å². The molecule has 0 unspecified atom stereocenters. The highest BCUT2D eigenvalue weighted by molar-refractivity contribution is 5.92. The van der Waals surface area contributed by atoms with Gasteiger partial charge in [-0.2, -0.15) is 0 Å². The lowest BCUT2D eigenvalue weighted by Gasteiger charge is -2.18. The summed E-state index contributed by atoms with van der Waals surface area (Å²) in [6.45, 7) is 1.96. The molecule has 4 rings (SSSR count). The first-order valence-electron chi connectivity index (χ1n) is 11.6. The number of anilines is 1. The van der Waals surface area contributed by atoms with Crippen molar-refractivity contribution in [3.8, 4) is 11.5 Å². The van der Waals surface area contributed by atoms with Crippen molar-refractivity contribution in [3.05, 3.63) is 89.6 Å². The van der Waals surface area contributed by atoms with Crippen molar-refractivity contribution >= 4 is 28.5 Å². The molecule has 0 aliphatic rings. The van der Waals surface area contributed by atoms with Gasteiger partial charge in [0.05, 0.1) is 7.11 Å². The van der Waals surface area contributed by atoms with Crippen molar-refractivity contribution in [3.63, 3.8) is 0 Å². The highest BCUT2D eigenvalue weighted by Crippen LogP contribution is 2.31. The smallest absolute Gasteiger partial charge is 0.321 e. The lowest BCUT2D eigenvalue weighted by molar-refractivity contribution is -0.139. The zero-order chi connectivity index (χ0) is 25.5. The van der Waals surface area contributed by atoms with Gasteiger partial charge in [0.15, 0.2) is 18.1 Å². The van der Waals surface area contributed by atoms with Gasteiger partial charge in [0.25, 0.3) is 5.91 Å². The van der Waals surface area contributed by atoms with Gasteiger partial charge < -0.3 is 24.9 Å². The van der Waals surface area contributed by atoms with Crippen molar-refractivity contribution in [1.29, 1.82) is 0 Å². The van der Waals surface area contributed by atoms with E-state index in [1.165, 1.54) is 7.11 Å². The molecule has 0 saturated carbocycles. The first-order chi connectivity index (χ1) is 17.4. The number of aliphatic carboxylic acids is 1. The van der Waals surface area contributed by atoms with Crippen LogP contribution in [0.15, 0.2) is 72.9 Å². The van der Waals surface area contributed by atoms with Crippen molar-refractivity contribution in [1.82, 2.24) is 10.3 Å². The number of methoxy groups -OCH3 is 1. The Hall–Kier alpha value is -4.30. The summed E-state index contributed by atoms with van der Waals surface area (Å²) in [6.07, 6.45) is 2.15. The van der Waals surface area contributed by atoms with Gasteiger partial charge in [-0.3, -0.25) is 14.9 Å². The molecule has 0 fully saturated rings. The molecule has 1 amide bonds. The third kappa shape index (κ3) is 6.03. The molecule has 0 radical (unpaired) electrons. The fraction of sp³-hybridized carbons (Fsp3) is 0.214. The van der Waals surface area contributed by atoms with Crippen LogP contribution in [0, 0.1) is 6.92 Å². The Bertz CT molecular complexity index is 1350. The number of aromatic amines is 1. The van der Waals surface area contributed by atoms with E-state index in [9.17, 15) is 14.7 Å². The fourth-order valence-electron chi connectivity index (χ4n) is 4.00. The number of para-hydroxylation sites is 2. The first-order valence-corrected chi connectivity index (χ1v) is 11.6. The number of fused-ring (bicyclic) bond motifs is 1. The Balaban J connectivity index is 1.44. The average molecular weight is 488 g/mol. The molecule has 8 nitrogen and oxygen atoms in total. The van der Waals surface area contributed by atoms with E-state index >= 15 is 0 Å². The minimum Gasteiger partial charge on any atom is -0.493 e. The Morgan fingerprint density at radius 3 is 2.53 bits per heavy atom. The third-order valence-corrected chi connectivity index (χ3v) is 5.90. The number of H-pyrrole nitrogens is 1. The van der Waals surface area contributed by atoms with Crippen LogP contribution >= 0.6 is 0 Å². The maximum absolute atomic E-state index is 12.4. The molecule has 36 heavy (non-hydrogen) atoms. The second-order valence-corrected chi connectivity index (χ2v) is 8.49. The molecule has 0 bridgehead atoms. The second kappa shape index (κ2) is 11.4. The number of carboxylic acid groups (broad SMARTS) is 1. The highest BCUT2D eigenvalue weighted by Gasteiger charge is 2.21. The Kier molecular flexibility index (Phi) is 7.87. The predicted molar refractivity (Wildman–Crippen MR) is 139 cm³/mol. The molecule has 1 aromatic heterocycles. The number of carbonyl (C=O) groups is 2. The van der Waals surface area contributed by atoms with Crippen molar-refractivity contribution in [2.75, 3.05) is 19.0 Å². The van der Waals surface area contributed by atoms with E-state index in [-0.39, 0.29) is 19.1 Å². The number of aromatic nitrogens is 1. The van der Waals surface area contributed by atoms with Gasteiger partial charge in [0.1, 0.15) is 6.04 Å². The van der Waals surface area contributed by atoms with Gasteiger partial charge in [0.2, 0.25) is 0 Å². The molecule has 3 aromatic carbocycles. The first kappa shape index (κ1) is 24.8. The van der Waals surface area contributed by atoms with Crippen LogP contribution in [0.4, 0.5) is 5.69 Å². The number of rotatable bonds is 11. The number of hydrogen-bond acceptors (Lipinski definition) is 5. The largest absolute Gasteiger partial charge is 0.493 e. The van der Waals surface area contributed by atoms with Crippen LogP contribution in [-0.2, 0) is 22.6 Å². The summed E-state index contributed by atoms with van der Waals surface area (Å²) in [7, 11) is 1.52. The minimum atomic E-state index is -0.955. The topological polar surface area (TPSA) is 113 Å². The summed E-state index contributed by atoms with van der Waals surface area (Å²) in [5, 5.41) is 16.8. The van der Waals surface area contributed by atoms with Crippen molar-refractivity contribution < 1.29 is 24.2 Å². The molecular formula is C28H29N3O5. The number of amides is 1. The van der Waals surface area contributed by atoms with E-state index in [2.05, 4.69) is 15.6 Å². The van der Waals surface area contributed by atoms with E-state index < -0.39 is 12.0 Å². The van der Waals surface area contributed by atoms with E-state index in [0.29, 0.717) is 29.2 Å². The van der Waals surface area contributed by atoms with Gasteiger partial charge in [-0.15, -0.1) is 0 Å². The van der Waals surface area contributed by atoms with E-state index in [1.54, 1.807) is 12.1 Å². The molecule has 4 aromatic rings. The van der Waals surface area contributed by atoms with Gasteiger partial charge in [0, 0.05) is 41.3 Å². The minimum absolute atomic E-state index is 0.214. The number of carbonyl (C=O) groups excluding carboxylic acids is 1. The Morgan fingerprint density at radius 1 is 1.00 bits per heavy atom. The molecule has 8 heteroatoms. The Morgan fingerprint density at radius 2 is 1.78 bits per heavy atom. The summed E-state index contributed by atoms with van der Waals surface area (Å²) < 4.78 is 11.3. The molecular weight excluding hydrogens is 458 g/mol. The SMILES string of the molecule is COc1cccc(CN[C@@H](Cc2c[nH]c3ccccc23)C(=O)O)c1OCC(=O)Nc1ccc(C)cc1. The molecule has 0 aliphatic carbocycles. The highest BCUT2D eigenvalue weighted by atomic mass is 16.5. The summed E-state index contributed by atoms with van der Waals surface area (Å²) in [5.74, 6) is -0.418. The van der Waals surface area contributed by atoms with Crippen LogP contribution in [0.2, 0.25) is 0 Å². The number of nitrogens with one attached hydrogen (secondary N) is 3. The molecule has 1 atom stereocenters. The maximum Gasteiger partial charge on any atom is 0.321 e. The average Bonchev–Trinajstić information content (AvgIpc) is 3.29. The summed E-state index contributed by atoms with van der Waals surface area (Å²) in [6, 6.07) is 19.8. The maximum atomic E-state index is 12.4. The summed E-state index contributed by atoms with van der Waals surface area (Å²) in [5.41, 5.74) is 4.34. The van der Waals surface area contributed by atoms with E-state index in [4.69, 9.17) is 9.47 Å². The monoisotopic (exact) mass is 487 g/mol. The number of aryl methyl sites for hydroxylation is 1. The zero-order valence-electron chi connectivity index (χ0n) is 20.2. The zero-order valence-corrected chi connectivity index (χ0v) is 20.2. The summed E-state index contributed by atoms with van der Waals surface area (Å²) in [4.78, 5) is 27.7. The molecule has 4 N–H and O–H groups in total. The van der Waals surface area contributed by atoms with Crippen molar-refractivity contribution in [2.45, 2.75) is 25.9 Å². The van der Waals surface area contributed by atoms with Gasteiger partial charge in [-0.25, -0.2) is 0 Å². The number of benzene rings is 3. The van der Waals surface area contributed by atoms with Crippen LogP contribution in [0.25, 0.3) is 10.9 Å². The molecule has 1 heterocycles. The third-order valence-electron chi connectivity index (χ3n) is 5.90. The standard InChI is InChI=1S/C28H29N3O5/c1-18-10-12-21(13-11-18)31-26(32)17-36-27-19(6-5-9-25(27)35-2)15-30-24(28(33)34)14-20-16-29-23-8-4-3-7-22(20)23/h3-13,16,24,29-30H,14-15,17H2,1-2H3,(H,31,32)(H,33,34)/t24-/m0/s1. The van der Waals surface area contributed by atoms with E-state index in [0.717, 1.165) is 22.0 Å². The van der Waals surface area contributed by atoms with Crippen LogP contribution in [0.3, 0.4) is 0 Å². The number of carboxylic acids is 1. The van der Waals surface area contributed by atoms with Crippen LogP contribution in [0.5, 0.6) is 11.5 Å². The second-order valence-electron chi connectivity index (χ2n) is 8.49. The molecule has 0 spiro atoms. The van der Waals surface area contributed by atoms with Crippen LogP contribution in [0.1, 0.15) is 16.7 Å². The normalized spacial score (nSPS) is 11.7. The van der Waals surface area contributed by atoms with Gasteiger partial charge in [-0.1, -0.05) is 48.0 Å². The molecule has 186 valence electrons. The lowest BCUT2D eigenvalue weighted by Crippen LogP contribution is -2.38. The van der Waals surface area contributed by atoms with Crippen molar-refractivity contribution in [2.24, 2.45) is 0 Å². The van der Waals surface area contributed by atoms with Crippen LogP contribution < -0.4 is 20.1 Å². The van der Waals surface area contributed by atoms with E-state index in [1.807, 2.05) is 67.7 Å². The van der Waals surface area contributed by atoms with Gasteiger partial charge in [-0.05, 0) is 36.8 Å². The predicted octanol–water partition coefficient (Wildman–Crippen LogP) is 4.29. The summed E-state index contributed by atoms with van der Waals surface area (Å²) >= 11 is 0. The number of hydrogen-bond donors (Lipinski definition) is 4. The van der Waals surface area contributed by atoms with Crippen LogP contribution in [-0.4, -0.2) is 41.7 Å². The fourth-order valence-corrected chi connectivity index (χ4v) is 4.00. The number of ether oxygens (including phenoxy) is 2. The quantitative estimate of drug-likeness (QED) is 0.251. The van der Waals surface area contributed by atoms with Gasteiger partial charge >= 0.3 is 5.97 Å².